The lowest BCUT2D eigenvalue weighted by atomic mass is 10.0. The number of aryl methyl sites for hydroxylation is 1. The van der Waals surface area contributed by atoms with E-state index in [9.17, 15) is 4.79 Å². The van der Waals surface area contributed by atoms with Gasteiger partial charge < -0.3 is 9.47 Å². The van der Waals surface area contributed by atoms with Gasteiger partial charge >= 0.3 is 0 Å². The molecule has 0 aromatic carbocycles. The van der Waals surface area contributed by atoms with E-state index in [1.165, 1.54) is 6.33 Å². The first-order valence-corrected chi connectivity index (χ1v) is 7.85. The first-order chi connectivity index (χ1) is 10.7. The van der Waals surface area contributed by atoms with Gasteiger partial charge in [-0.15, -0.1) is 0 Å². The van der Waals surface area contributed by atoms with Gasteiger partial charge in [0.2, 0.25) is 5.91 Å². The van der Waals surface area contributed by atoms with E-state index in [4.69, 9.17) is 0 Å². The number of hydrogen-bond acceptors (Lipinski definition) is 4. The zero-order chi connectivity index (χ0) is 15.5. The van der Waals surface area contributed by atoms with E-state index in [0.29, 0.717) is 6.04 Å². The summed E-state index contributed by atoms with van der Waals surface area (Å²) in [5, 5.41) is 4.07. The first-order valence-electron chi connectivity index (χ1n) is 7.85. The van der Waals surface area contributed by atoms with Crippen molar-refractivity contribution < 1.29 is 4.79 Å². The highest BCUT2D eigenvalue weighted by Crippen LogP contribution is 2.24. The first kappa shape index (κ1) is 14.7. The number of piperidine rings is 1. The van der Waals surface area contributed by atoms with Gasteiger partial charge in [0, 0.05) is 31.9 Å². The summed E-state index contributed by atoms with van der Waals surface area (Å²) in [7, 11) is 0. The molecule has 0 N–H and O–H groups in total. The number of carbonyl (C=O) groups excluding carboxylic acids is 1. The number of amides is 1. The molecule has 2 aromatic rings. The molecule has 7 heteroatoms. The molecule has 0 saturated carbocycles. The molecule has 118 valence electrons. The largest absolute Gasteiger partial charge is 0.339 e. The van der Waals surface area contributed by atoms with Crippen LogP contribution in [-0.4, -0.2) is 48.2 Å². The Bertz CT molecular complexity index is 620. The van der Waals surface area contributed by atoms with Crippen molar-refractivity contribution in [3.05, 3.63) is 30.9 Å². The molecule has 0 bridgehead atoms. The normalized spacial score (nSPS) is 20.1. The lowest BCUT2D eigenvalue weighted by Crippen LogP contribution is -2.43. The highest BCUT2D eigenvalue weighted by Gasteiger charge is 2.29. The number of aromatic nitrogens is 5. The van der Waals surface area contributed by atoms with Crippen molar-refractivity contribution in [1.82, 2.24) is 29.2 Å². The molecule has 3 rings (SSSR count). The molecule has 0 unspecified atom stereocenters. The third-order valence-electron chi connectivity index (χ3n) is 4.36. The van der Waals surface area contributed by atoms with Crippen LogP contribution in [0.1, 0.15) is 44.6 Å². The summed E-state index contributed by atoms with van der Waals surface area (Å²) >= 11 is 0. The molecule has 2 aromatic heterocycles. The Hall–Kier alpha value is -2.18. The Balaban J connectivity index is 1.71. The van der Waals surface area contributed by atoms with Crippen LogP contribution in [0, 0.1) is 0 Å². The summed E-state index contributed by atoms with van der Waals surface area (Å²) < 4.78 is 3.83. The van der Waals surface area contributed by atoms with Crippen LogP contribution in [0.4, 0.5) is 0 Å². The zero-order valence-electron chi connectivity index (χ0n) is 13.1. The summed E-state index contributed by atoms with van der Waals surface area (Å²) in [5.41, 5.74) is 0. The highest BCUT2D eigenvalue weighted by atomic mass is 16.2. The highest BCUT2D eigenvalue weighted by molar-refractivity contribution is 5.80. The van der Waals surface area contributed by atoms with E-state index in [0.717, 1.165) is 38.2 Å². The van der Waals surface area contributed by atoms with Crippen molar-refractivity contribution in [3.63, 3.8) is 0 Å². The van der Waals surface area contributed by atoms with Gasteiger partial charge in [-0.1, -0.05) is 6.92 Å². The lowest BCUT2D eigenvalue weighted by Gasteiger charge is -2.35. The average molecular weight is 302 g/mol. The summed E-state index contributed by atoms with van der Waals surface area (Å²) in [6.45, 7) is 5.53. The quantitative estimate of drug-likeness (QED) is 0.857. The molecule has 0 spiro atoms. The number of hydrogen-bond donors (Lipinski definition) is 0. The minimum absolute atomic E-state index is 0.105. The van der Waals surface area contributed by atoms with E-state index >= 15 is 0 Å². The summed E-state index contributed by atoms with van der Waals surface area (Å²) in [6, 6.07) is 0.00720. The molecule has 1 aliphatic heterocycles. The molecule has 1 aliphatic rings. The number of nitrogens with zero attached hydrogens (tertiary/aromatic N) is 6. The van der Waals surface area contributed by atoms with Crippen LogP contribution >= 0.6 is 0 Å². The summed E-state index contributed by atoms with van der Waals surface area (Å²) in [5.74, 6) is 1.19. The predicted molar refractivity (Wildman–Crippen MR) is 81.2 cm³/mol. The van der Waals surface area contributed by atoms with Gasteiger partial charge in [0.15, 0.2) is 0 Å². The fourth-order valence-corrected chi connectivity index (χ4v) is 3.13. The molecular formula is C15H22N6O. The SMILES string of the molecule is CCc1nccn1[C@@H]1CCCN(C(=O)[C@H](C)n2cncn2)C1. The number of rotatable bonds is 4. The van der Waals surface area contributed by atoms with E-state index in [2.05, 4.69) is 26.6 Å². The van der Waals surface area contributed by atoms with Crippen molar-refractivity contribution in [2.24, 2.45) is 0 Å². The lowest BCUT2D eigenvalue weighted by molar-refractivity contribution is -0.136. The van der Waals surface area contributed by atoms with Gasteiger partial charge in [-0.3, -0.25) is 4.79 Å². The van der Waals surface area contributed by atoms with Crippen molar-refractivity contribution >= 4 is 5.91 Å². The smallest absolute Gasteiger partial charge is 0.247 e. The van der Waals surface area contributed by atoms with Crippen LogP contribution in [0.25, 0.3) is 0 Å². The fraction of sp³-hybridized carbons (Fsp3) is 0.600. The van der Waals surface area contributed by atoms with E-state index in [1.54, 1.807) is 11.0 Å². The molecule has 1 amide bonds. The zero-order valence-corrected chi connectivity index (χ0v) is 13.1. The number of imidazole rings is 1. The van der Waals surface area contributed by atoms with Gasteiger partial charge in [-0.05, 0) is 19.8 Å². The summed E-state index contributed by atoms with van der Waals surface area (Å²) in [4.78, 5) is 22.9. The topological polar surface area (TPSA) is 68.8 Å². The second-order valence-corrected chi connectivity index (χ2v) is 5.74. The molecule has 7 nitrogen and oxygen atoms in total. The molecule has 0 aliphatic carbocycles. The van der Waals surface area contributed by atoms with Crippen LogP contribution in [-0.2, 0) is 11.2 Å². The third-order valence-corrected chi connectivity index (χ3v) is 4.36. The minimum Gasteiger partial charge on any atom is -0.339 e. The Labute approximate surface area is 130 Å². The molecule has 1 fully saturated rings. The molecule has 22 heavy (non-hydrogen) atoms. The van der Waals surface area contributed by atoms with E-state index < -0.39 is 0 Å². The van der Waals surface area contributed by atoms with Crippen molar-refractivity contribution in [3.8, 4) is 0 Å². The molecule has 3 heterocycles. The average Bonchev–Trinajstić information content (AvgIpc) is 3.24. The Morgan fingerprint density at radius 3 is 3.09 bits per heavy atom. The van der Waals surface area contributed by atoms with E-state index in [1.807, 2.05) is 24.2 Å². The van der Waals surface area contributed by atoms with Crippen LogP contribution in [0.5, 0.6) is 0 Å². The van der Waals surface area contributed by atoms with Crippen LogP contribution in [0.15, 0.2) is 25.0 Å². The Kier molecular flexibility index (Phi) is 4.22. The van der Waals surface area contributed by atoms with Crippen molar-refractivity contribution in [2.75, 3.05) is 13.1 Å². The van der Waals surface area contributed by atoms with Gasteiger partial charge in [-0.25, -0.2) is 14.6 Å². The second kappa shape index (κ2) is 6.29. The van der Waals surface area contributed by atoms with Crippen LogP contribution < -0.4 is 0 Å². The van der Waals surface area contributed by atoms with Crippen molar-refractivity contribution in [1.29, 1.82) is 0 Å². The molecular weight excluding hydrogens is 280 g/mol. The van der Waals surface area contributed by atoms with E-state index in [-0.39, 0.29) is 11.9 Å². The standard InChI is InChI=1S/C15H22N6O/c1-3-14-17-6-8-20(14)13-5-4-7-19(9-13)15(22)12(2)21-11-16-10-18-21/h6,8,10-13H,3-5,7,9H2,1-2H3/t12-,13+/m0/s1. The minimum atomic E-state index is -0.310. The monoisotopic (exact) mass is 302 g/mol. The molecule has 2 atom stereocenters. The van der Waals surface area contributed by atoms with Crippen molar-refractivity contribution in [2.45, 2.75) is 45.2 Å². The van der Waals surface area contributed by atoms with Crippen LogP contribution in [0.2, 0.25) is 0 Å². The third kappa shape index (κ3) is 2.75. The maximum atomic E-state index is 12.7. The number of carbonyl (C=O) groups is 1. The summed E-state index contributed by atoms with van der Waals surface area (Å²) in [6.07, 6.45) is 9.94. The molecule has 0 radical (unpaired) electrons. The Morgan fingerprint density at radius 1 is 1.50 bits per heavy atom. The molecule has 1 saturated heterocycles. The maximum Gasteiger partial charge on any atom is 0.247 e. The van der Waals surface area contributed by atoms with Gasteiger partial charge in [0.1, 0.15) is 24.5 Å². The Morgan fingerprint density at radius 2 is 2.36 bits per heavy atom. The second-order valence-electron chi connectivity index (χ2n) is 5.74. The number of likely N-dealkylation sites (tertiary alicyclic amines) is 1. The van der Waals surface area contributed by atoms with Crippen LogP contribution in [0.3, 0.4) is 0 Å². The van der Waals surface area contributed by atoms with Gasteiger partial charge in [-0.2, -0.15) is 5.10 Å². The van der Waals surface area contributed by atoms with Gasteiger partial charge in [0.25, 0.3) is 0 Å². The predicted octanol–water partition coefficient (Wildman–Crippen LogP) is 1.46. The van der Waals surface area contributed by atoms with Gasteiger partial charge in [0.05, 0.1) is 6.04 Å². The fourth-order valence-electron chi connectivity index (χ4n) is 3.13. The maximum absolute atomic E-state index is 12.7.